The van der Waals surface area contributed by atoms with Crippen LogP contribution in [0.4, 0.5) is 11.8 Å². The predicted octanol–water partition coefficient (Wildman–Crippen LogP) is 3.58. The molecular weight excluding hydrogens is 260 g/mol. The minimum Gasteiger partial charge on any atom is -0.357 e. The van der Waals surface area contributed by atoms with Gasteiger partial charge in [-0.1, -0.05) is 31.4 Å². The van der Waals surface area contributed by atoms with E-state index in [0.717, 1.165) is 24.8 Å². The van der Waals surface area contributed by atoms with Gasteiger partial charge in [0.15, 0.2) is 5.82 Å². The summed E-state index contributed by atoms with van der Waals surface area (Å²) in [7, 11) is 1.83. The summed E-state index contributed by atoms with van der Waals surface area (Å²) in [6.45, 7) is 4.35. The van der Waals surface area contributed by atoms with Gasteiger partial charge < -0.3 is 10.2 Å². The summed E-state index contributed by atoms with van der Waals surface area (Å²) >= 11 is 6.24. The van der Waals surface area contributed by atoms with Crippen molar-refractivity contribution in [2.24, 2.45) is 5.92 Å². The quantitative estimate of drug-likeness (QED) is 0.916. The van der Waals surface area contributed by atoms with Crippen molar-refractivity contribution in [3.8, 4) is 0 Å². The maximum atomic E-state index is 6.24. The van der Waals surface area contributed by atoms with Crippen molar-refractivity contribution >= 4 is 23.4 Å². The molecule has 5 heteroatoms. The molecule has 1 N–H and O–H groups in total. The molecule has 0 bridgehead atoms. The molecule has 106 valence electrons. The Bertz CT molecular complexity index is 410. The molecule has 19 heavy (non-hydrogen) atoms. The number of hydrogen-bond donors (Lipinski definition) is 1. The first kappa shape index (κ1) is 14.4. The first-order chi connectivity index (χ1) is 9.24. The summed E-state index contributed by atoms with van der Waals surface area (Å²) in [6, 6.07) is 0. The van der Waals surface area contributed by atoms with E-state index in [2.05, 4.69) is 27.1 Å². The summed E-state index contributed by atoms with van der Waals surface area (Å²) < 4.78 is 0. The van der Waals surface area contributed by atoms with Crippen molar-refractivity contribution in [1.82, 2.24) is 9.97 Å². The molecule has 0 spiro atoms. The Morgan fingerprint density at radius 1 is 1.42 bits per heavy atom. The molecule has 0 aliphatic carbocycles. The van der Waals surface area contributed by atoms with Crippen molar-refractivity contribution < 1.29 is 0 Å². The van der Waals surface area contributed by atoms with Crippen LogP contribution >= 0.6 is 11.6 Å². The second kappa shape index (κ2) is 6.94. The lowest BCUT2D eigenvalue weighted by atomic mass is 9.96. The highest BCUT2D eigenvalue weighted by Gasteiger charge is 2.19. The van der Waals surface area contributed by atoms with Crippen LogP contribution < -0.4 is 10.2 Å². The number of rotatable bonds is 4. The van der Waals surface area contributed by atoms with Gasteiger partial charge in [-0.05, 0) is 25.2 Å². The summed E-state index contributed by atoms with van der Waals surface area (Å²) in [5.41, 5.74) is 0. The standard InChI is InChI=1S/C14H23ClN4/c1-3-5-11-6-4-8-19(9-7-11)13-12(15)10-17-14(16-2)18-13/h10-11H,3-9H2,1-2H3,(H,16,17,18). The van der Waals surface area contributed by atoms with Crippen LogP contribution in [0.5, 0.6) is 0 Å². The van der Waals surface area contributed by atoms with Crippen molar-refractivity contribution in [3.63, 3.8) is 0 Å². The number of anilines is 2. The molecular formula is C14H23ClN4. The van der Waals surface area contributed by atoms with Crippen LogP contribution in [0, 0.1) is 5.92 Å². The molecule has 1 aromatic heterocycles. The molecule has 1 aromatic rings. The maximum Gasteiger partial charge on any atom is 0.224 e. The van der Waals surface area contributed by atoms with Crippen LogP contribution in [0.2, 0.25) is 5.02 Å². The molecule has 1 unspecified atom stereocenters. The van der Waals surface area contributed by atoms with Crippen molar-refractivity contribution in [1.29, 1.82) is 0 Å². The van der Waals surface area contributed by atoms with Crippen LogP contribution in [0.1, 0.15) is 39.0 Å². The van der Waals surface area contributed by atoms with E-state index < -0.39 is 0 Å². The number of hydrogen-bond acceptors (Lipinski definition) is 4. The normalized spacial score (nSPS) is 20.2. The van der Waals surface area contributed by atoms with Gasteiger partial charge in [0.25, 0.3) is 0 Å². The molecule has 0 radical (unpaired) electrons. The fraction of sp³-hybridized carbons (Fsp3) is 0.714. The monoisotopic (exact) mass is 282 g/mol. The first-order valence-electron chi connectivity index (χ1n) is 7.19. The van der Waals surface area contributed by atoms with Gasteiger partial charge in [-0.25, -0.2) is 4.98 Å². The highest BCUT2D eigenvalue weighted by Crippen LogP contribution is 2.28. The highest BCUT2D eigenvalue weighted by atomic mass is 35.5. The van der Waals surface area contributed by atoms with E-state index in [1.807, 2.05) is 7.05 Å². The SMILES string of the molecule is CCCC1CCCN(c2nc(NC)ncc2Cl)CC1. The molecule has 0 saturated carbocycles. The topological polar surface area (TPSA) is 41.1 Å². The molecule has 0 aromatic carbocycles. The summed E-state index contributed by atoms with van der Waals surface area (Å²) in [6.07, 6.45) is 8.09. The summed E-state index contributed by atoms with van der Waals surface area (Å²) in [5, 5.41) is 3.62. The van der Waals surface area contributed by atoms with E-state index in [4.69, 9.17) is 11.6 Å². The molecule has 1 aliphatic rings. The van der Waals surface area contributed by atoms with Gasteiger partial charge in [0.05, 0.1) is 6.20 Å². The van der Waals surface area contributed by atoms with E-state index in [0.29, 0.717) is 11.0 Å². The lowest BCUT2D eigenvalue weighted by molar-refractivity contribution is 0.435. The van der Waals surface area contributed by atoms with E-state index in [1.165, 1.54) is 32.1 Å². The second-order valence-electron chi connectivity index (χ2n) is 5.19. The molecule has 1 atom stereocenters. The molecule has 1 fully saturated rings. The average molecular weight is 283 g/mol. The lowest BCUT2D eigenvalue weighted by Gasteiger charge is -2.23. The molecule has 0 amide bonds. The van der Waals surface area contributed by atoms with Gasteiger partial charge in [-0.2, -0.15) is 4.98 Å². The Hall–Kier alpha value is -1.03. The number of nitrogens with one attached hydrogen (secondary N) is 1. The third-order valence-corrected chi connectivity index (χ3v) is 4.06. The van der Waals surface area contributed by atoms with Gasteiger partial charge >= 0.3 is 0 Å². The zero-order valence-corrected chi connectivity index (χ0v) is 12.6. The maximum absolute atomic E-state index is 6.24. The Morgan fingerprint density at radius 3 is 3.00 bits per heavy atom. The van der Waals surface area contributed by atoms with E-state index in [1.54, 1.807) is 6.20 Å². The second-order valence-corrected chi connectivity index (χ2v) is 5.60. The van der Waals surface area contributed by atoms with Crippen LogP contribution in [-0.2, 0) is 0 Å². The predicted molar refractivity (Wildman–Crippen MR) is 81.1 cm³/mol. The molecule has 1 saturated heterocycles. The van der Waals surface area contributed by atoms with Crippen molar-refractivity contribution in [3.05, 3.63) is 11.2 Å². The molecule has 4 nitrogen and oxygen atoms in total. The van der Waals surface area contributed by atoms with E-state index in [9.17, 15) is 0 Å². The summed E-state index contributed by atoms with van der Waals surface area (Å²) in [5.74, 6) is 2.37. The number of nitrogens with zero attached hydrogens (tertiary/aromatic N) is 3. The Balaban J connectivity index is 2.09. The first-order valence-corrected chi connectivity index (χ1v) is 7.57. The smallest absolute Gasteiger partial charge is 0.224 e. The minimum absolute atomic E-state index is 0.633. The number of aromatic nitrogens is 2. The molecule has 2 rings (SSSR count). The van der Waals surface area contributed by atoms with Gasteiger partial charge in [0.1, 0.15) is 5.02 Å². The van der Waals surface area contributed by atoms with Crippen LogP contribution in [0.25, 0.3) is 0 Å². The van der Waals surface area contributed by atoms with Gasteiger partial charge in [0, 0.05) is 20.1 Å². The van der Waals surface area contributed by atoms with Gasteiger partial charge in [0.2, 0.25) is 5.95 Å². The third kappa shape index (κ3) is 3.72. The van der Waals surface area contributed by atoms with Crippen molar-refractivity contribution in [2.75, 3.05) is 30.4 Å². The lowest BCUT2D eigenvalue weighted by Crippen LogP contribution is -2.26. The Morgan fingerprint density at radius 2 is 2.26 bits per heavy atom. The fourth-order valence-corrected chi connectivity index (χ4v) is 2.99. The largest absolute Gasteiger partial charge is 0.357 e. The highest BCUT2D eigenvalue weighted by molar-refractivity contribution is 6.32. The number of halogens is 1. The van der Waals surface area contributed by atoms with E-state index >= 15 is 0 Å². The summed E-state index contributed by atoms with van der Waals surface area (Å²) in [4.78, 5) is 10.9. The van der Waals surface area contributed by atoms with Crippen LogP contribution in [0.3, 0.4) is 0 Å². The van der Waals surface area contributed by atoms with Gasteiger partial charge in [-0.15, -0.1) is 0 Å². The molecule has 2 heterocycles. The fourth-order valence-electron chi connectivity index (χ4n) is 2.77. The average Bonchev–Trinajstić information content (AvgIpc) is 2.65. The minimum atomic E-state index is 0.633. The van der Waals surface area contributed by atoms with Crippen molar-refractivity contribution in [2.45, 2.75) is 39.0 Å². The van der Waals surface area contributed by atoms with Crippen LogP contribution in [0.15, 0.2) is 6.20 Å². The zero-order chi connectivity index (χ0) is 13.7. The third-order valence-electron chi connectivity index (χ3n) is 3.79. The molecule has 1 aliphatic heterocycles. The van der Waals surface area contributed by atoms with Gasteiger partial charge in [-0.3, -0.25) is 0 Å². The van der Waals surface area contributed by atoms with E-state index in [-0.39, 0.29) is 0 Å². The van der Waals surface area contributed by atoms with Crippen LogP contribution in [-0.4, -0.2) is 30.1 Å². The Labute approximate surface area is 120 Å². The Kier molecular flexibility index (Phi) is 5.25. The zero-order valence-electron chi connectivity index (χ0n) is 11.8.